The minimum absolute atomic E-state index is 0.313. The Bertz CT molecular complexity index is 1170. The third-order valence-corrected chi connectivity index (χ3v) is 6.89. The van der Waals surface area contributed by atoms with Crippen LogP contribution >= 0.6 is 17.2 Å². The number of nitrogens with zero attached hydrogens (tertiary/aromatic N) is 1. The van der Waals surface area contributed by atoms with Crippen molar-refractivity contribution in [2.24, 2.45) is 0 Å². The Morgan fingerprint density at radius 3 is 1.03 bits per heavy atom. The topological polar surface area (TPSA) is 68.3 Å². The van der Waals surface area contributed by atoms with Gasteiger partial charge in [-0.25, -0.2) is 4.98 Å². The number of pyridine rings is 1. The van der Waals surface area contributed by atoms with E-state index >= 15 is 0 Å². The second kappa shape index (κ2) is 13.3. The lowest BCUT2D eigenvalue weighted by atomic mass is 10.3. The van der Waals surface area contributed by atoms with Crippen LogP contribution in [-0.2, 0) is 0 Å². The highest BCUT2D eigenvalue weighted by molar-refractivity contribution is 7.43. The average molecular weight is 543 g/mol. The van der Waals surface area contributed by atoms with Gasteiger partial charge in [0.1, 0.15) is 28.7 Å². The summed E-state index contributed by atoms with van der Waals surface area (Å²) in [6.45, 7) is 0. The number of aromatic nitrogens is 1. The van der Waals surface area contributed by atoms with E-state index in [2.05, 4.69) is 4.98 Å². The Balaban J connectivity index is 1.28. The maximum atomic E-state index is 6.02. The summed E-state index contributed by atoms with van der Waals surface area (Å²) in [6, 6.07) is 40.8. The van der Waals surface area contributed by atoms with Crippen molar-refractivity contribution in [1.29, 1.82) is 0 Å². The van der Waals surface area contributed by atoms with Crippen molar-refractivity contribution in [3.05, 3.63) is 140 Å². The minimum atomic E-state index is -1.83. The van der Waals surface area contributed by atoms with Crippen LogP contribution in [0, 0.1) is 0 Å². The lowest BCUT2D eigenvalue weighted by molar-refractivity contribution is 0.377. The molecule has 4 aromatic carbocycles. The number of hydrogen-bond donors (Lipinski definition) is 0. The monoisotopic (exact) mass is 543 g/mol. The highest BCUT2D eigenvalue weighted by Gasteiger charge is 2.22. The molecule has 0 saturated heterocycles. The Hall–Kier alpha value is -4.31. The smallest absolute Gasteiger partial charge is 0.409 e. The van der Waals surface area contributed by atoms with Crippen molar-refractivity contribution in [3.8, 4) is 34.6 Å². The van der Waals surface area contributed by atoms with Crippen LogP contribution < -0.4 is 27.1 Å². The fourth-order valence-corrected chi connectivity index (χ4v) is 4.96. The maximum Gasteiger partial charge on any atom is 0.531 e. The molecule has 5 rings (SSSR count). The van der Waals surface area contributed by atoms with E-state index in [4.69, 9.17) is 27.1 Å². The van der Waals surface area contributed by atoms with Gasteiger partial charge in [-0.2, -0.15) is 0 Å². The first-order valence-electron chi connectivity index (χ1n) is 11.6. The maximum absolute atomic E-state index is 6.02. The number of hydrogen-bond acceptors (Lipinski definition) is 7. The zero-order valence-corrected chi connectivity index (χ0v) is 21.9. The van der Waals surface area contributed by atoms with Crippen LogP contribution in [0.3, 0.4) is 0 Å². The molecule has 0 aliphatic rings. The molecule has 0 N–H and O–H groups in total. The average Bonchev–Trinajstić information content (AvgIpc) is 2.96. The van der Waals surface area contributed by atoms with Crippen LogP contribution in [0.25, 0.3) is 0 Å². The number of para-hydroxylation sites is 4. The molecule has 0 fully saturated rings. The molecule has 0 aliphatic heterocycles. The summed E-state index contributed by atoms with van der Waals surface area (Å²) in [6.07, 6.45) is 1.53. The van der Waals surface area contributed by atoms with Crippen molar-refractivity contribution < 1.29 is 27.1 Å². The molecule has 0 radical (unpaired) electrons. The van der Waals surface area contributed by atoms with Gasteiger partial charge in [0.15, 0.2) is 0 Å². The molecule has 0 amide bonds. The summed E-state index contributed by atoms with van der Waals surface area (Å²) >= 11 is 0. The largest absolute Gasteiger partial charge is 0.531 e. The lowest BCUT2D eigenvalue weighted by Crippen LogP contribution is -2.04. The van der Waals surface area contributed by atoms with Crippen molar-refractivity contribution in [2.75, 3.05) is 0 Å². The number of benzene rings is 4. The molecule has 0 spiro atoms. The predicted molar refractivity (Wildman–Crippen MR) is 148 cm³/mol. The van der Waals surface area contributed by atoms with Gasteiger partial charge < -0.3 is 27.1 Å². The zero-order valence-electron chi connectivity index (χ0n) is 20.1. The first kappa shape index (κ1) is 25.3. The molecule has 0 atom stereocenters. The molecule has 1 aromatic heterocycles. The molecular formula is C29H23NO6P2. The van der Waals surface area contributed by atoms with Gasteiger partial charge in [-0.05, 0) is 54.6 Å². The van der Waals surface area contributed by atoms with E-state index in [1.165, 1.54) is 6.20 Å². The molecule has 0 bridgehead atoms. The van der Waals surface area contributed by atoms with Gasteiger partial charge in [-0.1, -0.05) is 72.8 Å². The lowest BCUT2D eigenvalue weighted by Gasteiger charge is -2.19. The molecule has 5 aromatic rings. The Kier molecular flexibility index (Phi) is 8.87. The van der Waals surface area contributed by atoms with E-state index in [-0.39, 0.29) is 0 Å². The summed E-state index contributed by atoms with van der Waals surface area (Å²) in [5.41, 5.74) is 0. The Morgan fingerprint density at radius 2 is 0.684 bits per heavy atom. The summed E-state index contributed by atoms with van der Waals surface area (Å²) in [5.74, 6) is 3.26. The SMILES string of the molecule is c1ccc(OP(Oc2ccccc2)Oc2ccc(OP(Oc3ccccc3)Oc3ccccc3)nc2)cc1. The van der Waals surface area contributed by atoms with Gasteiger partial charge in [0.2, 0.25) is 5.88 Å². The summed E-state index contributed by atoms with van der Waals surface area (Å²) in [4.78, 5) is 4.38. The molecule has 7 nitrogen and oxygen atoms in total. The molecule has 0 saturated carbocycles. The van der Waals surface area contributed by atoms with Gasteiger partial charge in [0.05, 0.1) is 6.20 Å². The third kappa shape index (κ3) is 7.84. The van der Waals surface area contributed by atoms with Gasteiger partial charge in [0.25, 0.3) is 0 Å². The standard InChI is InChI=1S/C29H23NO6P2/c1-5-13-24(14-6-1)31-37(32-25-15-7-2-8-16-25)35-28-21-22-29(30-23-28)36-38(33-26-17-9-3-10-18-26)34-27-19-11-4-12-20-27/h1-23H. The van der Waals surface area contributed by atoms with E-state index < -0.39 is 17.2 Å². The van der Waals surface area contributed by atoms with Gasteiger partial charge >= 0.3 is 17.2 Å². The minimum Gasteiger partial charge on any atom is -0.409 e. The first-order chi connectivity index (χ1) is 18.8. The van der Waals surface area contributed by atoms with Crippen LogP contribution in [0.1, 0.15) is 0 Å². The van der Waals surface area contributed by atoms with E-state index in [0.717, 1.165) is 0 Å². The number of rotatable bonds is 12. The summed E-state index contributed by atoms with van der Waals surface area (Å²) in [7, 11) is -3.64. The van der Waals surface area contributed by atoms with Crippen LogP contribution in [0.15, 0.2) is 140 Å². The molecule has 38 heavy (non-hydrogen) atoms. The van der Waals surface area contributed by atoms with Crippen molar-refractivity contribution in [3.63, 3.8) is 0 Å². The van der Waals surface area contributed by atoms with Crippen molar-refractivity contribution in [2.45, 2.75) is 0 Å². The second-order valence-electron chi connectivity index (χ2n) is 7.58. The first-order valence-corrected chi connectivity index (χ1v) is 13.8. The molecule has 190 valence electrons. The molecule has 0 aliphatic carbocycles. The molecule has 1 heterocycles. The highest BCUT2D eigenvalue weighted by atomic mass is 31.2. The van der Waals surface area contributed by atoms with Gasteiger partial charge in [-0.3, -0.25) is 0 Å². The van der Waals surface area contributed by atoms with E-state index in [0.29, 0.717) is 34.6 Å². The zero-order chi connectivity index (χ0) is 25.8. The fourth-order valence-electron chi connectivity index (χ4n) is 3.02. The van der Waals surface area contributed by atoms with Crippen LogP contribution in [0.4, 0.5) is 0 Å². The fraction of sp³-hybridized carbons (Fsp3) is 0. The Morgan fingerprint density at radius 1 is 0.342 bits per heavy atom. The molecule has 0 unspecified atom stereocenters. The quantitative estimate of drug-likeness (QED) is 0.146. The third-order valence-electron chi connectivity index (χ3n) is 4.75. The normalized spacial score (nSPS) is 10.6. The van der Waals surface area contributed by atoms with Gasteiger partial charge in [-0.15, -0.1) is 0 Å². The summed E-state index contributed by atoms with van der Waals surface area (Å²) < 4.78 is 35.9. The summed E-state index contributed by atoms with van der Waals surface area (Å²) in [5, 5.41) is 0. The molecular weight excluding hydrogens is 520 g/mol. The Labute approximate surface area is 223 Å². The predicted octanol–water partition coefficient (Wildman–Crippen LogP) is 8.61. The van der Waals surface area contributed by atoms with E-state index in [1.54, 1.807) is 12.1 Å². The van der Waals surface area contributed by atoms with Crippen LogP contribution in [0.5, 0.6) is 34.6 Å². The highest BCUT2D eigenvalue weighted by Crippen LogP contribution is 2.44. The van der Waals surface area contributed by atoms with Crippen molar-refractivity contribution in [1.82, 2.24) is 4.98 Å². The second-order valence-corrected chi connectivity index (χ2v) is 9.57. The van der Waals surface area contributed by atoms with Crippen LogP contribution in [0.2, 0.25) is 0 Å². The van der Waals surface area contributed by atoms with Crippen molar-refractivity contribution >= 4 is 17.2 Å². The van der Waals surface area contributed by atoms with Crippen LogP contribution in [-0.4, -0.2) is 4.98 Å². The van der Waals surface area contributed by atoms with E-state index in [9.17, 15) is 0 Å². The van der Waals surface area contributed by atoms with E-state index in [1.807, 2.05) is 121 Å². The van der Waals surface area contributed by atoms with Gasteiger partial charge in [0, 0.05) is 6.07 Å². The molecule has 9 heteroatoms.